The first kappa shape index (κ1) is 19.8. The van der Waals surface area contributed by atoms with Crippen LogP contribution in [0.15, 0.2) is 59.5 Å². The van der Waals surface area contributed by atoms with Gasteiger partial charge in [0.05, 0.1) is 11.6 Å². The number of pyridine rings is 1. The Morgan fingerprint density at radius 3 is 2.60 bits per heavy atom. The summed E-state index contributed by atoms with van der Waals surface area (Å²) in [6.45, 7) is 0. The maximum Gasteiger partial charge on any atom is 0.253 e. The molecule has 2 heterocycles. The number of hydrogen-bond donors (Lipinski definition) is 2. The summed E-state index contributed by atoms with van der Waals surface area (Å²) >= 11 is 0. The van der Waals surface area contributed by atoms with Crippen molar-refractivity contribution in [2.24, 2.45) is 7.05 Å². The molecule has 0 spiro atoms. The van der Waals surface area contributed by atoms with E-state index in [1.807, 2.05) is 43.4 Å². The van der Waals surface area contributed by atoms with Crippen LogP contribution in [0, 0.1) is 0 Å². The number of nitrogens with zero attached hydrogens (tertiary/aromatic N) is 3. The van der Waals surface area contributed by atoms with Gasteiger partial charge in [-0.1, -0.05) is 30.3 Å². The molecule has 154 valence electrons. The molecule has 0 aliphatic heterocycles. The fourth-order valence-corrected chi connectivity index (χ4v) is 3.39. The molecule has 30 heavy (non-hydrogen) atoms. The smallest absolute Gasteiger partial charge is 0.253 e. The van der Waals surface area contributed by atoms with Gasteiger partial charge in [-0.25, -0.2) is 9.97 Å². The first-order chi connectivity index (χ1) is 14.5. The monoisotopic (exact) mass is 403 g/mol. The third-order valence-electron chi connectivity index (χ3n) is 5.26. The van der Waals surface area contributed by atoms with E-state index in [2.05, 4.69) is 15.6 Å². The van der Waals surface area contributed by atoms with E-state index in [-0.39, 0.29) is 17.5 Å². The number of anilines is 1. The number of amides is 1. The highest BCUT2D eigenvalue weighted by molar-refractivity contribution is 5.94. The van der Waals surface area contributed by atoms with Crippen LogP contribution in [0.4, 0.5) is 5.82 Å². The number of rotatable bonds is 7. The van der Waals surface area contributed by atoms with Crippen molar-refractivity contribution in [1.82, 2.24) is 19.9 Å². The minimum atomic E-state index is -0.261. The Kier molecular flexibility index (Phi) is 5.61. The van der Waals surface area contributed by atoms with Gasteiger partial charge in [0.15, 0.2) is 0 Å². The van der Waals surface area contributed by atoms with Crippen LogP contribution in [-0.4, -0.2) is 27.5 Å². The van der Waals surface area contributed by atoms with Crippen molar-refractivity contribution >= 4 is 11.7 Å². The summed E-state index contributed by atoms with van der Waals surface area (Å²) < 4.78 is 1.40. The summed E-state index contributed by atoms with van der Waals surface area (Å²) in [7, 11) is 3.48. The Morgan fingerprint density at radius 2 is 1.93 bits per heavy atom. The number of benzene rings is 1. The zero-order chi connectivity index (χ0) is 21.1. The molecular formula is C23H25N5O2. The number of nitrogens with one attached hydrogen (secondary N) is 2. The Hall–Kier alpha value is -3.48. The molecule has 1 fully saturated rings. The largest absolute Gasteiger partial charge is 0.373 e. The number of aryl methyl sites for hydroxylation is 1. The lowest BCUT2D eigenvalue weighted by atomic mass is 10.0. The zero-order valence-electron chi connectivity index (χ0n) is 17.1. The van der Waals surface area contributed by atoms with Crippen LogP contribution in [0.5, 0.6) is 0 Å². The third kappa shape index (κ3) is 4.56. The van der Waals surface area contributed by atoms with Gasteiger partial charge in [-0.2, -0.15) is 0 Å². The van der Waals surface area contributed by atoms with Gasteiger partial charge in [-0.15, -0.1) is 0 Å². The van der Waals surface area contributed by atoms with Gasteiger partial charge in [0.25, 0.3) is 5.91 Å². The van der Waals surface area contributed by atoms with Crippen molar-refractivity contribution in [2.45, 2.75) is 31.2 Å². The predicted octanol–water partition coefficient (Wildman–Crippen LogP) is 2.81. The van der Waals surface area contributed by atoms with E-state index in [0.29, 0.717) is 17.9 Å². The number of carbonyl (C=O) groups excluding carboxylic acids is 1. The molecule has 1 unspecified atom stereocenters. The molecule has 0 radical (unpaired) electrons. The first-order valence-electron chi connectivity index (χ1n) is 10.1. The molecule has 7 nitrogen and oxygen atoms in total. The van der Waals surface area contributed by atoms with Crippen LogP contribution in [0.3, 0.4) is 0 Å². The van der Waals surface area contributed by atoms with E-state index >= 15 is 0 Å². The normalized spacial score (nSPS) is 14.2. The number of carbonyl (C=O) groups is 1. The standard InChI is InChI=1S/C23H25N5O2/c1-24-20-13-18(25-22(27-20)16-8-9-16)12-19(15-6-4-3-5-7-15)26-23(30)17-10-11-21(29)28(2)14-17/h3-7,10-11,13-14,16,19H,8-9,12H2,1-2H3,(H,26,30)(H,24,25,27). The van der Waals surface area contributed by atoms with E-state index in [1.165, 1.54) is 10.6 Å². The Labute approximate surface area is 175 Å². The first-order valence-corrected chi connectivity index (χ1v) is 10.1. The summed E-state index contributed by atoms with van der Waals surface area (Å²) in [6.07, 6.45) is 4.34. The maximum atomic E-state index is 12.9. The zero-order valence-corrected chi connectivity index (χ0v) is 17.1. The summed E-state index contributed by atoms with van der Waals surface area (Å²) in [4.78, 5) is 33.9. The summed E-state index contributed by atoms with van der Waals surface area (Å²) in [5.74, 6) is 1.86. The van der Waals surface area contributed by atoms with Gasteiger partial charge in [-0.3, -0.25) is 9.59 Å². The van der Waals surface area contributed by atoms with Crippen molar-refractivity contribution < 1.29 is 4.79 Å². The second-order valence-electron chi connectivity index (χ2n) is 7.63. The molecule has 3 aromatic rings. The van der Waals surface area contributed by atoms with Crippen LogP contribution >= 0.6 is 0 Å². The molecule has 2 aromatic heterocycles. The van der Waals surface area contributed by atoms with Crippen LogP contribution in [0.2, 0.25) is 0 Å². The number of hydrogen-bond acceptors (Lipinski definition) is 5. The van der Waals surface area contributed by atoms with Crippen LogP contribution in [0.1, 0.15) is 52.2 Å². The van der Waals surface area contributed by atoms with E-state index < -0.39 is 0 Å². The molecule has 0 bridgehead atoms. The minimum Gasteiger partial charge on any atom is -0.373 e. The maximum absolute atomic E-state index is 12.9. The highest BCUT2D eigenvalue weighted by atomic mass is 16.2. The van der Waals surface area contributed by atoms with Gasteiger partial charge >= 0.3 is 0 Å². The lowest BCUT2D eigenvalue weighted by Gasteiger charge is -2.20. The third-order valence-corrected chi connectivity index (χ3v) is 5.26. The summed E-state index contributed by atoms with van der Waals surface area (Å²) in [6, 6.07) is 14.5. The lowest BCUT2D eigenvalue weighted by molar-refractivity contribution is 0.0935. The quantitative estimate of drug-likeness (QED) is 0.633. The fraction of sp³-hybridized carbons (Fsp3) is 0.304. The van der Waals surface area contributed by atoms with E-state index in [0.717, 1.165) is 35.7 Å². The molecule has 1 aliphatic carbocycles. The Balaban J connectivity index is 1.62. The molecule has 1 saturated carbocycles. The van der Waals surface area contributed by atoms with Crippen molar-refractivity contribution in [3.8, 4) is 0 Å². The summed E-state index contributed by atoms with van der Waals surface area (Å²) in [5.41, 5.74) is 2.16. The van der Waals surface area contributed by atoms with Gasteiger partial charge in [0.2, 0.25) is 5.56 Å². The van der Waals surface area contributed by atoms with Crippen molar-refractivity contribution in [3.63, 3.8) is 0 Å². The molecule has 4 rings (SSSR count). The van der Waals surface area contributed by atoms with Crippen LogP contribution in [-0.2, 0) is 13.5 Å². The predicted molar refractivity (Wildman–Crippen MR) is 116 cm³/mol. The van der Waals surface area contributed by atoms with Gasteiger partial charge in [0.1, 0.15) is 11.6 Å². The van der Waals surface area contributed by atoms with E-state index in [9.17, 15) is 9.59 Å². The van der Waals surface area contributed by atoms with Crippen molar-refractivity contribution in [1.29, 1.82) is 0 Å². The Bertz CT molecular complexity index is 1110. The van der Waals surface area contributed by atoms with Gasteiger partial charge in [-0.05, 0) is 24.5 Å². The lowest BCUT2D eigenvalue weighted by Crippen LogP contribution is -2.31. The van der Waals surface area contributed by atoms with E-state index in [4.69, 9.17) is 4.98 Å². The molecule has 7 heteroatoms. The van der Waals surface area contributed by atoms with Crippen molar-refractivity contribution in [2.75, 3.05) is 12.4 Å². The molecule has 1 aromatic carbocycles. The number of aromatic nitrogens is 3. The molecule has 0 saturated heterocycles. The highest BCUT2D eigenvalue weighted by Crippen LogP contribution is 2.38. The highest BCUT2D eigenvalue weighted by Gasteiger charge is 2.28. The minimum absolute atomic E-state index is 0.153. The van der Waals surface area contributed by atoms with Gasteiger partial charge in [0, 0.05) is 50.5 Å². The Morgan fingerprint density at radius 1 is 1.17 bits per heavy atom. The molecule has 1 atom stereocenters. The van der Waals surface area contributed by atoms with Crippen molar-refractivity contribution in [3.05, 3.63) is 87.7 Å². The van der Waals surface area contributed by atoms with Crippen LogP contribution in [0.25, 0.3) is 0 Å². The molecular weight excluding hydrogens is 378 g/mol. The molecule has 1 aliphatic rings. The average molecular weight is 403 g/mol. The SMILES string of the molecule is CNc1cc(CC(NC(=O)c2ccc(=O)n(C)c2)c2ccccc2)nc(C2CC2)n1. The van der Waals surface area contributed by atoms with E-state index in [1.54, 1.807) is 19.3 Å². The second kappa shape index (κ2) is 8.49. The molecule has 1 amide bonds. The average Bonchev–Trinajstić information content (AvgIpc) is 3.61. The second-order valence-corrected chi connectivity index (χ2v) is 7.63. The topological polar surface area (TPSA) is 88.9 Å². The molecule has 2 N–H and O–H groups in total. The fourth-order valence-electron chi connectivity index (χ4n) is 3.39. The van der Waals surface area contributed by atoms with Crippen LogP contribution < -0.4 is 16.2 Å². The summed E-state index contributed by atoms with van der Waals surface area (Å²) in [5, 5.41) is 6.22. The van der Waals surface area contributed by atoms with Gasteiger partial charge < -0.3 is 15.2 Å².